The SMILES string of the molecule is OCC1CCCCC1NCc1nc(C2CCCC2)no1. The molecule has 20 heavy (non-hydrogen) atoms. The Kier molecular flexibility index (Phi) is 4.68. The number of rotatable bonds is 5. The van der Waals surface area contributed by atoms with Gasteiger partial charge in [-0.15, -0.1) is 0 Å². The van der Waals surface area contributed by atoms with Crippen LogP contribution in [-0.4, -0.2) is 27.9 Å². The maximum Gasteiger partial charge on any atom is 0.240 e. The average molecular weight is 279 g/mol. The number of aliphatic hydroxyl groups excluding tert-OH is 1. The molecule has 3 rings (SSSR count). The summed E-state index contributed by atoms with van der Waals surface area (Å²) in [5.74, 6) is 2.46. The van der Waals surface area contributed by atoms with E-state index in [4.69, 9.17) is 4.52 Å². The van der Waals surface area contributed by atoms with E-state index in [1.807, 2.05) is 0 Å². The van der Waals surface area contributed by atoms with Gasteiger partial charge in [0, 0.05) is 18.6 Å². The Bertz CT molecular complexity index is 415. The van der Waals surface area contributed by atoms with Crippen LogP contribution in [0, 0.1) is 5.92 Å². The van der Waals surface area contributed by atoms with E-state index in [1.54, 1.807) is 0 Å². The molecule has 1 aromatic rings. The Morgan fingerprint density at radius 1 is 1.10 bits per heavy atom. The lowest BCUT2D eigenvalue weighted by molar-refractivity contribution is 0.150. The Hall–Kier alpha value is -0.940. The van der Waals surface area contributed by atoms with Crippen LogP contribution in [0.2, 0.25) is 0 Å². The monoisotopic (exact) mass is 279 g/mol. The largest absolute Gasteiger partial charge is 0.396 e. The first kappa shape index (κ1) is 14.0. The van der Waals surface area contributed by atoms with Crippen molar-refractivity contribution in [3.63, 3.8) is 0 Å². The minimum absolute atomic E-state index is 0.273. The highest BCUT2D eigenvalue weighted by molar-refractivity contribution is 4.98. The van der Waals surface area contributed by atoms with Crippen LogP contribution in [0.4, 0.5) is 0 Å². The predicted molar refractivity (Wildman–Crippen MR) is 75.2 cm³/mol. The number of aliphatic hydroxyl groups is 1. The molecule has 2 aliphatic carbocycles. The smallest absolute Gasteiger partial charge is 0.240 e. The highest BCUT2D eigenvalue weighted by atomic mass is 16.5. The van der Waals surface area contributed by atoms with Crippen molar-refractivity contribution in [2.45, 2.75) is 69.9 Å². The Balaban J connectivity index is 1.52. The lowest BCUT2D eigenvalue weighted by atomic mass is 9.85. The van der Waals surface area contributed by atoms with Crippen LogP contribution < -0.4 is 5.32 Å². The first-order valence-corrected chi connectivity index (χ1v) is 8.03. The Morgan fingerprint density at radius 3 is 2.65 bits per heavy atom. The van der Waals surface area contributed by atoms with E-state index in [2.05, 4.69) is 15.5 Å². The van der Waals surface area contributed by atoms with Crippen LogP contribution in [0.15, 0.2) is 4.52 Å². The maximum atomic E-state index is 9.41. The quantitative estimate of drug-likeness (QED) is 0.866. The van der Waals surface area contributed by atoms with Crippen molar-refractivity contribution in [1.82, 2.24) is 15.5 Å². The summed E-state index contributed by atoms with van der Waals surface area (Å²) in [6.45, 7) is 0.899. The van der Waals surface area contributed by atoms with Gasteiger partial charge < -0.3 is 14.9 Å². The topological polar surface area (TPSA) is 71.2 Å². The molecule has 0 saturated heterocycles. The van der Waals surface area contributed by atoms with Gasteiger partial charge in [-0.3, -0.25) is 0 Å². The molecule has 0 spiro atoms. The highest BCUT2D eigenvalue weighted by Gasteiger charge is 2.25. The van der Waals surface area contributed by atoms with E-state index < -0.39 is 0 Å². The number of aromatic nitrogens is 2. The zero-order valence-corrected chi connectivity index (χ0v) is 12.1. The second-order valence-electron chi connectivity index (χ2n) is 6.24. The first-order chi connectivity index (χ1) is 9.86. The molecule has 0 aliphatic heterocycles. The fourth-order valence-corrected chi connectivity index (χ4v) is 3.60. The molecule has 2 atom stereocenters. The lowest BCUT2D eigenvalue weighted by Gasteiger charge is -2.30. The van der Waals surface area contributed by atoms with Gasteiger partial charge in [0.2, 0.25) is 5.89 Å². The van der Waals surface area contributed by atoms with Crippen molar-refractivity contribution in [3.05, 3.63) is 11.7 Å². The second-order valence-corrected chi connectivity index (χ2v) is 6.24. The van der Waals surface area contributed by atoms with Gasteiger partial charge in [0.05, 0.1) is 6.54 Å². The Labute approximate surface area is 120 Å². The van der Waals surface area contributed by atoms with Crippen LogP contribution in [0.25, 0.3) is 0 Å². The fourth-order valence-electron chi connectivity index (χ4n) is 3.60. The van der Waals surface area contributed by atoms with E-state index in [9.17, 15) is 5.11 Å². The van der Waals surface area contributed by atoms with Crippen LogP contribution >= 0.6 is 0 Å². The number of hydrogen-bond donors (Lipinski definition) is 2. The molecule has 5 nitrogen and oxygen atoms in total. The summed E-state index contributed by atoms with van der Waals surface area (Å²) in [5.41, 5.74) is 0. The molecule has 2 aliphatic rings. The first-order valence-electron chi connectivity index (χ1n) is 8.03. The average Bonchev–Trinajstić information content (AvgIpc) is 3.16. The van der Waals surface area contributed by atoms with Crippen molar-refractivity contribution in [1.29, 1.82) is 0 Å². The Morgan fingerprint density at radius 2 is 1.85 bits per heavy atom. The molecule has 2 N–H and O–H groups in total. The molecule has 0 radical (unpaired) electrons. The third kappa shape index (κ3) is 3.20. The molecule has 0 bridgehead atoms. The van der Waals surface area contributed by atoms with Gasteiger partial charge in [0.1, 0.15) is 0 Å². The number of nitrogens with zero attached hydrogens (tertiary/aromatic N) is 2. The highest BCUT2D eigenvalue weighted by Crippen LogP contribution is 2.32. The molecule has 0 amide bonds. The minimum atomic E-state index is 0.273. The van der Waals surface area contributed by atoms with E-state index in [-0.39, 0.29) is 6.61 Å². The van der Waals surface area contributed by atoms with Crippen molar-refractivity contribution >= 4 is 0 Å². The van der Waals surface area contributed by atoms with Crippen molar-refractivity contribution < 1.29 is 9.63 Å². The molecule has 1 heterocycles. The van der Waals surface area contributed by atoms with Gasteiger partial charge >= 0.3 is 0 Å². The van der Waals surface area contributed by atoms with Gasteiger partial charge in [-0.05, 0) is 31.6 Å². The zero-order valence-electron chi connectivity index (χ0n) is 12.1. The molecule has 2 fully saturated rings. The van der Waals surface area contributed by atoms with Gasteiger partial charge in [0.15, 0.2) is 5.82 Å². The van der Waals surface area contributed by atoms with Gasteiger partial charge in [-0.2, -0.15) is 4.98 Å². The summed E-state index contributed by atoms with van der Waals surface area (Å²) in [7, 11) is 0. The summed E-state index contributed by atoms with van der Waals surface area (Å²) < 4.78 is 5.35. The van der Waals surface area contributed by atoms with Crippen molar-refractivity contribution in [2.24, 2.45) is 5.92 Å². The zero-order chi connectivity index (χ0) is 13.8. The summed E-state index contributed by atoms with van der Waals surface area (Å²) >= 11 is 0. The minimum Gasteiger partial charge on any atom is -0.396 e. The molecule has 1 aromatic heterocycles. The van der Waals surface area contributed by atoms with E-state index in [0.717, 1.165) is 18.7 Å². The van der Waals surface area contributed by atoms with E-state index >= 15 is 0 Å². The standard InChI is InChI=1S/C15H25N3O2/c19-10-12-7-3-4-8-13(12)16-9-14-17-15(18-20-14)11-5-1-2-6-11/h11-13,16,19H,1-10H2. The number of nitrogens with one attached hydrogen (secondary N) is 1. The molecule has 5 heteroatoms. The molecular formula is C15H25N3O2. The second kappa shape index (κ2) is 6.68. The molecule has 112 valence electrons. The summed E-state index contributed by atoms with van der Waals surface area (Å²) in [5, 5.41) is 17.0. The van der Waals surface area contributed by atoms with Gasteiger partial charge in [0.25, 0.3) is 0 Å². The van der Waals surface area contributed by atoms with Gasteiger partial charge in [-0.1, -0.05) is 30.8 Å². The fraction of sp³-hybridized carbons (Fsp3) is 0.867. The summed E-state index contributed by atoms with van der Waals surface area (Å²) in [6, 6.07) is 0.385. The van der Waals surface area contributed by atoms with E-state index in [1.165, 1.54) is 38.5 Å². The van der Waals surface area contributed by atoms with Crippen LogP contribution in [0.5, 0.6) is 0 Å². The van der Waals surface area contributed by atoms with Crippen molar-refractivity contribution in [2.75, 3.05) is 6.61 Å². The lowest BCUT2D eigenvalue weighted by Crippen LogP contribution is -2.39. The third-order valence-electron chi connectivity index (χ3n) is 4.86. The van der Waals surface area contributed by atoms with Crippen LogP contribution in [0.1, 0.15) is 69.0 Å². The molecule has 0 aromatic carbocycles. The predicted octanol–water partition coefficient (Wildman–Crippen LogP) is 2.37. The molecule has 2 saturated carbocycles. The van der Waals surface area contributed by atoms with Crippen molar-refractivity contribution in [3.8, 4) is 0 Å². The summed E-state index contributed by atoms with van der Waals surface area (Å²) in [6.07, 6.45) is 9.69. The third-order valence-corrected chi connectivity index (χ3v) is 4.86. The van der Waals surface area contributed by atoms with Gasteiger partial charge in [-0.25, -0.2) is 0 Å². The molecular weight excluding hydrogens is 254 g/mol. The van der Waals surface area contributed by atoms with Crippen LogP contribution in [-0.2, 0) is 6.54 Å². The molecule has 2 unspecified atom stereocenters. The normalized spacial score (nSPS) is 28.1. The number of hydrogen-bond acceptors (Lipinski definition) is 5. The van der Waals surface area contributed by atoms with E-state index in [0.29, 0.717) is 30.3 Å². The summed E-state index contributed by atoms with van der Waals surface area (Å²) in [4.78, 5) is 4.52. The maximum absolute atomic E-state index is 9.41. The van der Waals surface area contributed by atoms with Crippen LogP contribution in [0.3, 0.4) is 0 Å².